The van der Waals surface area contributed by atoms with Crippen LogP contribution in [0.5, 0.6) is 0 Å². The van der Waals surface area contributed by atoms with Crippen LogP contribution in [0.4, 0.5) is 0 Å². The summed E-state index contributed by atoms with van der Waals surface area (Å²) >= 11 is 5.96. The third kappa shape index (κ3) is 3.94. The fourth-order valence-corrected chi connectivity index (χ4v) is 3.99. The van der Waals surface area contributed by atoms with Gasteiger partial charge in [-0.15, -0.1) is 0 Å². The molecule has 0 aliphatic carbocycles. The van der Waals surface area contributed by atoms with Crippen molar-refractivity contribution in [2.45, 2.75) is 23.8 Å². The van der Waals surface area contributed by atoms with Crippen LogP contribution in [0.15, 0.2) is 23.1 Å². The first-order valence-electron chi connectivity index (χ1n) is 6.55. The van der Waals surface area contributed by atoms with Crippen LogP contribution in [0.3, 0.4) is 0 Å². The van der Waals surface area contributed by atoms with Gasteiger partial charge in [0.25, 0.3) is 0 Å². The molecule has 0 bridgehead atoms. The number of rotatable bonds is 4. The third-order valence-electron chi connectivity index (χ3n) is 3.26. The monoisotopic (exact) mass is 332 g/mol. The van der Waals surface area contributed by atoms with E-state index in [0.717, 1.165) is 19.4 Å². The van der Waals surface area contributed by atoms with Crippen molar-refractivity contribution in [1.82, 2.24) is 10.0 Å². The molecule has 6 nitrogen and oxygen atoms in total. The highest BCUT2D eigenvalue weighted by molar-refractivity contribution is 7.89. The molecule has 0 radical (unpaired) electrons. The Balaban J connectivity index is 2.27. The Bertz CT molecular complexity index is 627. The van der Waals surface area contributed by atoms with E-state index >= 15 is 0 Å². The molecule has 0 spiro atoms. The highest BCUT2D eigenvalue weighted by Gasteiger charge is 2.24. The van der Waals surface area contributed by atoms with Crippen molar-refractivity contribution >= 4 is 27.6 Å². The fraction of sp³-hybridized carbons (Fsp3) is 0.462. The van der Waals surface area contributed by atoms with E-state index in [1.165, 1.54) is 25.3 Å². The number of carbonyl (C=O) groups is 1. The van der Waals surface area contributed by atoms with Gasteiger partial charge in [0.05, 0.1) is 17.7 Å². The molecule has 8 heteroatoms. The summed E-state index contributed by atoms with van der Waals surface area (Å²) in [6.07, 6.45) is 1.67. The van der Waals surface area contributed by atoms with Crippen molar-refractivity contribution in [1.29, 1.82) is 0 Å². The topological polar surface area (TPSA) is 84.5 Å². The normalized spacial score (nSPS) is 19.2. The molecule has 1 aliphatic heterocycles. The van der Waals surface area contributed by atoms with Crippen molar-refractivity contribution in [3.8, 4) is 0 Å². The summed E-state index contributed by atoms with van der Waals surface area (Å²) in [7, 11) is -2.55. The fourth-order valence-electron chi connectivity index (χ4n) is 2.19. The van der Waals surface area contributed by atoms with Crippen LogP contribution >= 0.6 is 11.6 Å². The summed E-state index contributed by atoms with van der Waals surface area (Å²) in [4.78, 5) is 11.4. The second kappa shape index (κ2) is 6.74. The summed E-state index contributed by atoms with van der Waals surface area (Å²) in [6, 6.07) is 3.85. The van der Waals surface area contributed by atoms with Gasteiger partial charge >= 0.3 is 5.97 Å². The molecule has 1 fully saturated rings. The maximum atomic E-state index is 12.4. The number of carbonyl (C=O) groups excluding carboxylic acids is 1. The molecule has 0 amide bonds. The van der Waals surface area contributed by atoms with Gasteiger partial charge in [0, 0.05) is 12.6 Å². The number of hydrogen-bond donors (Lipinski definition) is 2. The van der Waals surface area contributed by atoms with E-state index in [-0.39, 0.29) is 21.5 Å². The number of sulfonamides is 1. The average Bonchev–Trinajstić information content (AvgIpc) is 2.47. The van der Waals surface area contributed by atoms with Gasteiger partial charge in [0.2, 0.25) is 10.0 Å². The number of nitrogens with one attached hydrogen (secondary N) is 2. The molecule has 1 saturated heterocycles. The molecule has 1 aliphatic rings. The largest absolute Gasteiger partial charge is 0.465 e. The van der Waals surface area contributed by atoms with Gasteiger partial charge in [0.15, 0.2) is 0 Å². The first-order chi connectivity index (χ1) is 9.94. The summed E-state index contributed by atoms with van der Waals surface area (Å²) < 4.78 is 32.0. The Kier molecular flexibility index (Phi) is 5.21. The lowest BCUT2D eigenvalue weighted by Crippen LogP contribution is -2.45. The van der Waals surface area contributed by atoms with Crippen molar-refractivity contribution in [2.75, 3.05) is 20.2 Å². The van der Waals surface area contributed by atoms with Gasteiger partial charge in [-0.05, 0) is 37.6 Å². The van der Waals surface area contributed by atoms with Crippen LogP contribution in [0.25, 0.3) is 0 Å². The van der Waals surface area contributed by atoms with E-state index in [1.807, 2.05) is 0 Å². The quantitative estimate of drug-likeness (QED) is 0.808. The maximum absolute atomic E-state index is 12.4. The molecule has 2 N–H and O–H groups in total. The minimum Gasteiger partial charge on any atom is -0.465 e. The zero-order valence-corrected chi connectivity index (χ0v) is 13.1. The van der Waals surface area contributed by atoms with E-state index in [0.29, 0.717) is 6.54 Å². The van der Waals surface area contributed by atoms with Crippen LogP contribution in [-0.4, -0.2) is 40.6 Å². The Morgan fingerprint density at radius 3 is 2.86 bits per heavy atom. The highest BCUT2D eigenvalue weighted by atomic mass is 35.5. The Hall–Kier alpha value is -1.15. The SMILES string of the molecule is COC(=O)c1ccc(Cl)c(S(=O)(=O)N[C@H]2CCCNC2)c1. The van der Waals surface area contributed by atoms with Gasteiger partial charge in [0.1, 0.15) is 4.90 Å². The van der Waals surface area contributed by atoms with Crippen LogP contribution in [0.2, 0.25) is 5.02 Å². The second-order valence-corrected chi connectivity index (χ2v) is 6.89. The van der Waals surface area contributed by atoms with Crippen molar-refractivity contribution in [2.24, 2.45) is 0 Å². The molecule has 116 valence electrons. The standard InChI is InChI=1S/C13H17ClN2O4S/c1-20-13(17)9-4-5-11(14)12(7-9)21(18,19)16-10-3-2-6-15-8-10/h4-5,7,10,15-16H,2-3,6,8H2,1H3/t10-/m0/s1. The first kappa shape index (κ1) is 16.2. The number of methoxy groups -OCH3 is 1. The van der Waals surface area contributed by atoms with E-state index in [4.69, 9.17) is 11.6 Å². The van der Waals surface area contributed by atoms with E-state index in [1.54, 1.807) is 0 Å². The molecule has 0 unspecified atom stereocenters. The van der Waals surface area contributed by atoms with E-state index < -0.39 is 16.0 Å². The molecule has 1 aromatic carbocycles. The van der Waals surface area contributed by atoms with Gasteiger partial charge < -0.3 is 10.1 Å². The van der Waals surface area contributed by atoms with E-state index in [2.05, 4.69) is 14.8 Å². The average molecular weight is 333 g/mol. The number of esters is 1. The predicted octanol–water partition coefficient (Wildman–Crippen LogP) is 1.16. The summed E-state index contributed by atoms with van der Waals surface area (Å²) in [5.41, 5.74) is 0.143. The van der Waals surface area contributed by atoms with Crippen LogP contribution < -0.4 is 10.0 Å². The van der Waals surface area contributed by atoms with Gasteiger partial charge in [-0.3, -0.25) is 0 Å². The third-order valence-corrected chi connectivity index (χ3v) is 5.26. The maximum Gasteiger partial charge on any atom is 0.337 e. The zero-order valence-electron chi connectivity index (χ0n) is 11.6. The lowest BCUT2D eigenvalue weighted by molar-refractivity contribution is 0.0600. The summed E-state index contributed by atoms with van der Waals surface area (Å²) in [5, 5.41) is 3.20. The number of benzene rings is 1. The minimum absolute atomic E-state index is 0.0684. The van der Waals surface area contributed by atoms with Crippen LogP contribution in [-0.2, 0) is 14.8 Å². The smallest absolute Gasteiger partial charge is 0.337 e. The Labute approximate surface area is 128 Å². The molecule has 1 atom stereocenters. The molecule has 0 aromatic heterocycles. The molecule has 1 aromatic rings. The summed E-state index contributed by atoms with van der Waals surface area (Å²) in [5.74, 6) is -0.609. The van der Waals surface area contributed by atoms with Gasteiger partial charge in [-0.1, -0.05) is 11.6 Å². The zero-order chi connectivity index (χ0) is 15.5. The lowest BCUT2D eigenvalue weighted by atomic mass is 10.1. The van der Waals surface area contributed by atoms with Crippen LogP contribution in [0.1, 0.15) is 23.2 Å². The first-order valence-corrected chi connectivity index (χ1v) is 8.41. The minimum atomic E-state index is -3.78. The number of hydrogen-bond acceptors (Lipinski definition) is 5. The number of halogens is 1. The molecule has 21 heavy (non-hydrogen) atoms. The molecule has 0 saturated carbocycles. The predicted molar refractivity (Wildman–Crippen MR) is 79.0 cm³/mol. The Morgan fingerprint density at radius 2 is 2.24 bits per heavy atom. The molecular weight excluding hydrogens is 316 g/mol. The number of piperidine rings is 1. The molecular formula is C13H17ClN2O4S. The summed E-state index contributed by atoms with van der Waals surface area (Å²) in [6.45, 7) is 1.46. The molecule has 1 heterocycles. The van der Waals surface area contributed by atoms with Gasteiger partial charge in [-0.2, -0.15) is 0 Å². The van der Waals surface area contributed by atoms with Gasteiger partial charge in [-0.25, -0.2) is 17.9 Å². The molecule has 2 rings (SSSR count). The van der Waals surface area contributed by atoms with Crippen LogP contribution in [0, 0.1) is 0 Å². The highest BCUT2D eigenvalue weighted by Crippen LogP contribution is 2.23. The van der Waals surface area contributed by atoms with E-state index in [9.17, 15) is 13.2 Å². The second-order valence-electron chi connectivity index (χ2n) is 4.80. The number of ether oxygens (including phenoxy) is 1. The van der Waals surface area contributed by atoms with Crippen molar-refractivity contribution < 1.29 is 17.9 Å². The lowest BCUT2D eigenvalue weighted by Gasteiger charge is -2.23. The van der Waals surface area contributed by atoms with Crippen molar-refractivity contribution in [3.63, 3.8) is 0 Å². The Morgan fingerprint density at radius 1 is 1.48 bits per heavy atom. The van der Waals surface area contributed by atoms with Crippen molar-refractivity contribution in [3.05, 3.63) is 28.8 Å².